The number of nitriles is 1. The van der Waals surface area contributed by atoms with Crippen molar-refractivity contribution in [2.45, 2.75) is 26.3 Å². The number of hydrogen-bond acceptors (Lipinski definition) is 5. The lowest BCUT2D eigenvalue weighted by Crippen LogP contribution is -2.36. The Labute approximate surface area is 193 Å². The molecule has 0 radical (unpaired) electrons. The Balaban J connectivity index is 1.59. The molecule has 7 nitrogen and oxygen atoms in total. The highest BCUT2D eigenvalue weighted by molar-refractivity contribution is 5.94. The Kier molecular flexibility index (Phi) is 8.17. The molecule has 0 unspecified atom stereocenters. The van der Waals surface area contributed by atoms with Gasteiger partial charge < -0.3 is 10.6 Å². The van der Waals surface area contributed by atoms with Crippen molar-refractivity contribution in [3.8, 4) is 17.2 Å². The number of rotatable bonds is 9. The lowest BCUT2D eigenvalue weighted by molar-refractivity contribution is 0.0237. The van der Waals surface area contributed by atoms with E-state index in [9.17, 15) is 14.9 Å². The quantitative estimate of drug-likeness (QED) is 0.464. The molecule has 0 aliphatic rings. The molecule has 0 saturated carbocycles. The summed E-state index contributed by atoms with van der Waals surface area (Å²) in [4.78, 5) is 30.9. The topological polar surface area (TPSA) is 108 Å². The molecular weight excluding hydrogens is 416 g/mol. The van der Waals surface area contributed by atoms with Gasteiger partial charge in [-0.25, -0.2) is 9.59 Å². The minimum absolute atomic E-state index is 0.311. The second-order valence-electron chi connectivity index (χ2n) is 7.46. The summed E-state index contributed by atoms with van der Waals surface area (Å²) in [6, 6.07) is 23.3. The fraction of sp³-hybridized carbons (Fsp3) is 0.192. The molecule has 7 heteroatoms. The third-order valence-electron chi connectivity index (χ3n) is 5.15. The van der Waals surface area contributed by atoms with Crippen molar-refractivity contribution in [3.63, 3.8) is 0 Å². The van der Waals surface area contributed by atoms with Crippen LogP contribution in [-0.4, -0.2) is 18.5 Å². The predicted octanol–water partition coefficient (Wildman–Crippen LogP) is 4.77. The molecule has 3 aromatic rings. The van der Waals surface area contributed by atoms with E-state index >= 15 is 0 Å². The molecule has 3 N–H and O–H groups in total. The number of amides is 2. The van der Waals surface area contributed by atoms with Crippen molar-refractivity contribution in [2.24, 2.45) is 5.73 Å². The lowest BCUT2D eigenvalue weighted by atomic mass is 9.99. The van der Waals surface area contributed by atoms with Crippen molar-refractivity contribution in [1.29, 1.82) is 5.26 Å². The number of hydrogen-bond donors (Lipinski definition) is 2. The van der Waals surface area contributed by atoms with E-state index in [1.165, 1.54) is 4.90 Å². The zero-order valence-electron chi connectivity index (χ0n) is 18.5. The molecule has 0 atom stereocenters. The first kappa shape index (κ1) is 23.5. The highest BCUT2D eigenvalue weighted by Crippen LogP contribution is 2.23. The van der Waals surface area contributed by atoms with Crippen molar-refractivity contribution in [2.75, 3.05) is 11.4 Å². The number of unbranched alkanes of at least 4 members (excludes halogenated alkanes) is 1. The molecule has 0 heterocycles. The summed E-state index contributed by atoms with van der Waals surface area (Å²) in [6.07, 6.45) is 1.72. The van der Waals surface area contributed by atoms with E-state index < -0.39 is 12.0 Å². The van der Waals surface area contributed by atoms with Gasteiger partial charge in [-0.3, -0.25) is 4.90 Å². The highest BCUT2D eigenvalue weighted by atomic mass is 16.7. The molecule has 168 valence electrons. The van der Waals surface area contributed by atoms with Gasteiger partial charge in [0.25, 0.3) is 0 Å². The van der Waals surface area contributed by atoms with Crippen LogP contribution in [0.5, 0.6) is 0 Å². The van der Waals surface area contributed by atoms with Gasteiger partial charge in [0.1, 0.15) is 0 Å². The maximum Gasteiger partial charge on any atom is 0.356 e. The minimum Gasteiger partial charge on any atom is -0.366 e. The minimum atomic E-state index is -0.562. The van der Waals surface area contributed by atoms with Crippen molar-refractivity contribution >= 4 is 17.7 Å². The average Bonchev–Trinajstić information content (AvgIpc) is 2.84. The van der Waals surface area contributed by atoms with Gasteiger partial charge in [-0.2, -0.15) is 5.26 Å². The number of nitrogens with one attached hydrogen (secondary N) is 1. The van der Waals surface area contributed by atoms with Gasteiger partial charge in [0.15, 0.2) is 0 Å². The van der Waals surface area contributed by atoms with Crippen LogP contribution in [-0.2, 0) is 11.4 Å². The van der Waals surface area contributed by atoms with Gasteiger partial charge in [-0.15, -0.1) is 5.48 Å². The number of anilines is 1. The average molecular weight is 443 g/mol. The lowest BCUT2D eigenvalue weighted by Gasteiger charge is -2.20. The zero-order valence-corrected chi connectivity index (χ0v) is 18.5. The highest BCUT2D eigenvalue weighted by Gasteiger charge is 2.15. The van der Waals surface area contributed by atoms with Crippen LogP contribution in [0.15, 0.2) is 72.8 Å². The molecule has 33 heavy (non-hydrogen) atoms. The van der Waals surface area contributed by atoms with Crippen molar-refractivity contribution < 1.29 is 14.4 Å². The van der Waals surface area contributed by atoms with Crippen LogP contribution in [0.25, 0.3) is 11.1 Å². The second-order valence-corrected chi connectivity index (χ2v) is 7.46. The third kappa shape index (κ3) is 6.19. The molecule has 0 fully saturated rings. The molecule has 0 saturated heterocycles. The van der Waals surface area contributed by atoms with Crippen molar-refractivity contribution in [1.82, 2.24) is 5.48 Å². The van der Waals surface area contributed by atoms with E-state index in [-0.39, 0.29) is 0 Å². The first-order valence-corrected chi connectivity index (χ1v) is 10.7. The van der Waals surface area contributed by atoms with Crippen LogP contribution in [0.3, 0.4) is 0 Å². The van der Waals surface area contributed by atoms with Crippen molar-refractivity contribution in [3.05, 3.63) is 89.5 Å². The molecule has 0 aliphatic carbocycles. The molecule has 0 aliphatic heterocycles. The predicted molar refractivity (Wildman–Crippen MR) is 127 cm³/mol. The Bertz CT molecular complexity index is 1150. The summed E-state index contributed by atoms with van der Waals surface area (Å²) in [5.41, 5.74) is 12.4. The summed E-state index contributed by atoms with van der Waals surface area (Å²) >= 11 is 0. The zero-order chi connectivity index (χ0) is 23.6. The van der Waals surface area contributed by atoms with Crippen LogP contribution >= 0.6 is 0 Å². The first-order valence-electron chi connectivity index (χ1n) is 10.7. The van der Waals surface area contributed by atoms with Gasteiger partial charge in [-0.1, -0.05) is 61.9 Å². The van der Waals surface area contributed by atoms with E-state index in [4.69, 9.17) is 10.6 Å². The van der Waals surface area contributed by atoms with Gasteiger partial charge in [0.2, 0.25) is 0 Å². The number of urea groups is 1. The second kappa shape index (κ2) is 11.5. The van der Waals surface area contributed by atoms with Gasteiger partial charge in [-0.05, 0) is 47.4 Å². The Morgan fingerprint density at radius 2 is 1.82 bits per heavy atom. The van der Waals surface area contributed by atoms with E-state index in [0.29, 0.717) is 29.9 Å². The third-order valence-corrected chi connectivity index (χ3v) is 5.15. The van der Waals surface area contributed by atoms with Crippen LogP contribution in [0.4, 0.5) is 10.5 Å². The maximum absolute atomic E-state index is 12.5. The Hall–Kier alpha value is -4.15. The van der Waals surface area contributed by atoms with E-state index in [1.807, 2.05) is 49.4 Å². The van der Waals surface area contributed by atoms with Gasteiger partial charge in [0.05, 0.1) is 23.7 Å². The number of nitrogens with zero attached hydrogens (tertiary/aromatic N) is 2. The fourth-order valence-electron chi connectivity index (χ4n) is 3.36. The SMILES string of the molecule is CCCCN(C(N)=O)c1cccc(C(=O)ONCc2ccc(-c3ccccc3C#N)cc2)c1. The number of carbonyl (C=O) groups excluding carboxylic acids is 2. The fourth-order valence-corrected chi connectivity index (χ4v) is 3.36. The number of hydroxylamine groups is 1. The van der Waals surface area contributed by atoms with E-state index in [2.05, 4.69) is 11.5 Å². The van der Waals surface area contributed by atoms with Crippen LogP contribution in [0.2, 0.25) is 0 Å². The molecule has 2 amide bonds. The Morgan fingerprint density at radius 1 is 1.06 bits per heavy atom. The summed E-state index contributed by atoms with van der Waals surface area (Å²) in [6.45, 7) is 2.82. The number of benzene rings is 3. The summed E-state index contributed by atoms with van der Waals surface area (Å²) in [5.74, 6) is -0.559. The van der Waals surface area contributed by atoms with Crippen LogP contribution in [0, 0.1) is 11.3 Å². The summed E-state index contributed by atoms with van der Waals surface area (Å²) in [5, 5.41) is 9.28. The monoisotopic (exact) mass is 442 g/mol. The van der Waals surface area contributed by atoms with E-state index in [1.54, 1.807) is 30.3 Å². The molecule has 0 aromatic heterocycles. The maximum atomic E-state index is 12.5. The van der Waals surface area contributed by atoms with Gasteiger partial charge in [0, 0.05) is 12.2 Å². The smallest absolute Gasteiger partial charge is 0.356 e. The Morgan fingerprint density at radius 3 is 2.52 bits per heavy atom. The molecule has 0 spiro atoms. The normalized spacial score (nSPS) is 10.3. The standard InChI is InChI=1S/C26H26N4O3/c1-2-3-15-30(26(28)32)23-9-6-8-21(16-23)25(31)33-29-18-19-11-13-20(14-12-19)24-10-5-4-7-22(24)17-27/h4-14,16,29H,2-3,15,18H2,1H3,(H2,28,32). The molecule has 3 rings (SSSR count). The largest absolute Gasteiger partial charge is 0.366 e. The van der Waals surface area contributed by atoms with Crippen LogP contribution < -0.4 is 16.1 Å². The summed E-state index contributed by atoms with van der Waals surface area (Å²) < 4.78 is 0. The van der Waals surface area contributed by atoms with Crippen LogP contribution in [0.1, 0.15) is 41.3 Å². The number of nitrogens with two attached hydrogens (primary N) is 1. The molecule has 0 bridgehead atoms. The summed E-state index contributed by atoms with van der Waals surface area (Å²) in [7, 11) is 0. The van der Waals surface area contributed by atoms with Gasteiger partial charge >= 0.3 is 12.0 Å². The number of primary amides is 1. The number of carbonyl (C=O) groups is 2. The van der Waals surface area contributed by atoms with E-state index in [0.717, 1.165) is 29.5 Å². The molecular formula is C26H26N4O3. The molecule has 3 aromatic carbocycles. The first-order chi connectivity index (χ1) is 16.0.